The summed E-state index contributed by atoms with van der Waals surface area (Å²) in [5.41, 5.74) is 7.02. The highest BCUT2D eigenvalue weighted by atomic mass is 19.1. The molecule has 0 saturated heterocycles. The highest BCUT2D eigenvalue weighted by Gasteiger charge is 2.38. The summed E-state index contributed by atoms with van der Waals surface area (Å²) >= 11 is 0. The minimum atomic E-state index is -0.850. The summed E-state index contributed by atoms with van der Waals surface area (Å²) in [7, 11) is 0. The number of esters is 1. The van der Waals surface area contributed by atoms with E-state index in [2.05, 4.69) is 4.98 Å². The van der Waals surface area contributed by atoms with Crippen molar-refractivity contribution in [2.75, 3.05) is 6.61 Å². The molecule has 0 saturated carbocycles. The SMILES string of the molecule is CCOC(=O)C1=C(N)Oc2c(c(=O)[nH]c3ccccc23)[C@H]1c1ccc(F)cc1. The first kappa shape index (κ1) is 17.8. The van der Waals surface area contributed by atoms with Crippen LogP contribution in [0.15, 0.2) is 64.8 Å². The summed E-state index contributed by atoms with van der Waals surface area (Å²) in [4.78, 5) is 28.4. The van der Waals surface area contributed by atoms with Crippen molar-refractivity contribution < 1.29 is 18.7 Å². The molecular weight excluding hydrogens is 363 g/mol. The number of carbonyl (C=O) groups excluding carboxylic acids is 1. The first-order valence-electron chi connectivity index (χ1n) is 8.76. The number of para-hydroxylation sites is 1. The number of fused-ring (bicyclic) bond motifs is 3. The van der Waals surface area contributed by atoms with Gasteiger partial charge < -0.3 is 20.2 Å². The number of ether oxygens (including phenoxy) is 2. The Labute approximate surface area is 159 Å². The van der Waals surface area contributed by atoms with E-state index in [1.807, 2.05) is 0 Å². The van der Waals surface area contributed by atoms with Crippen LogP contribution >= 0.6 is 0 Å². The Morgan fingerprint density at radius 3 is 2.64 bits per heavy atom. The monoisotopic (exact) mass is 380 g/mol. The van der Waals surface area contributed by atoms with Gasteiger partial charge in [0.1, 0.15) is 17.1 Å². The maximum atomic E-state index is 13.5. The molecule has 28 heavy (non-hydrogen) atoms. The molecule has 1 aromatic heterocycles. The minimum absolute atomic E-state index is 0.0155. The average Bonchev–Trinajstić information content (AvgIpc) is 2.68. The number of hydrogen-bond donors (Lipinski definition) is 2. The van der Waals surface area contributed by atoms with Gasteiger partial charge in [0, 0.05) is 5.39 Å². The molecule has 3 N–H and O–H groups in total. The van der Waals surface area contributed by atoms with Crippen LogP contribution in [0.2, 0.25) is 0 Å². The zero-order valence-corrected chi connectivity index (χ0v) is 15.0. The third kappa shape index (κ3) is 2.81. The van der Waals surface area contributed by atoms with Gasteiger partial charge in [-0.25, -0.2) is 9.18 Å². The van der Waals surface area contributed by atoms with Gasteiger partial charge in [0.15, 0.2) is 0 Å². The molecule has 0 bridgehead atoms. The summed E-state index contributed by atoms with van der Waals surface area (Å²) in [5, 5.41) is 0.648. The number of H-pyrrole nitrogens is 1. The molecule has 2 aromatic carbocycles. The fourth-order valence-corrected chi connectivity index (χ4v) is 3.47. The number of benzene rings is 2. The summed E-state index contributed by atoms with van der Waals surface area (Å²) in [5.74, 6) is -1.84. The number of pyridine rings is 1. The van der Waals surface area contributed by atoms with Crippen LogP contribution in [0.5, 0.6) is 5.75 Å². The van der Waals surface area contributed by atoms with Crippen LogP contribution in [-0.4, -0.2) is 17.6 Å². The van der Waals surface area contributed by atoms with Gasteiger partial charge in [-0.3, -0.25) is 4.79 Å². The van der Waals surface area contributed by atoms with E-state index in [9.17, 15) is 14.0 Å². The fraction of sp³-hybridized carbons (Fsp3) is 0.143. The average molecular weight is 380 g/mol. The third-order valence-corrected chi connectivity index (χ3v) is 4.66. The lowest BCUT2D eigenvalue weighted by molar-refractivity contribution is -0.139. The molecule has 1 aliphatic rings. The van der Waals surface area contributed by atoms with Crippen LogP contribution < -0.4 is 16.0 Å². The number of nitrogens with one attached hydrogen (secondary N) is 1. The largest absolute Gasteiger partial charge is 0.462 e. The van der Waals surface area contributed by atoms with E-state index in [1.165, 1.54) is 24.3 Å². The molecule has 4 rings (SSSR count). The number of rotatable bonds is 3. The molecule has 6 nitrogen and oxygen atoms in total. The van der Waals surface area contributed by atoms with E-state index in [0.717, 1.165) is 0 Å². The van der Waals surface area contributed by atoms with Gasteiger partial charge in [-0.15, -0.1) is 0 Å². The Kier molecular flexibility index (Phi) is 4.35. The van der Waals surface area contributed by atoms with Crippen LogP contribution in [-0.2, 0) is 9.53 Å². The zero-order chi connectivity index (χ0) is 19.8. The van der Waals surface area contributed by atoms with Gasteiger partial charge in [0.2, 0.25) is 5.88 Å². The Morgan fingerprint density at radius 1 is 1.21 bits per heavy atom. The van der Waals surface area contributed by atoms with E-state index < -0.39 is 23.3 Å². The highest BCUT2D eigenvalue weighted by Crippen LogP contribution is 2.43. The fourth-order valence-electron chi connectivity index (χ4n) is 3.47. The second kappa shape index (κ2) is 6.84. The van der Waals surface area contributed by atoms with E-state index >= 15 is 0 Å². The summed E-state index contributed by atoms with van der Waals surface area (Å²) in [6, 6.07) is 12.7. The Balaban J connectivity index is 2.03. The van der Waals surface area contributed by atoms with Crippen molar-refractivity contribution in [2.45, 2.75) is 12.8 Å². The first-order chi connectivity index (χ1) is 13.5. The van der Waals surface area contributed by atoms with Crippen molar-refractivity contribution in [2.24, 2.45) is 5.73 Å². The molecule has 0 amide bonds. The van der Waals surface area contributed by atoms with Crippen LogP contribution in [0.4, 0.5) is 4.39 Å². The second-order valence-corrected chi connectivity index (χ2v) is 6.33. The van der Waals surface area contributed by atoms with Gasteiger partial charge in [-0.2, -0.15) is 0 Å². The number of aromatic nitrogens is 1. The van der Waals surface area contributed by atoms with Crippen LogP contribution in [0, 0.1) is 5.82 Å². The maximum absolute atomic E-state index is 13.5. The van der Waals surface area contributed by atoms with Crippen molar-refractivity contribution in [3.05, 3.63) is 87.3 Å². The maximum Gasteiger partial charge on any atom is 0.340 e. The van der Waals surface area contributed by atoms with Crippen LogP contribution in [0.1, 0.15) is 24.0 Å². The van der Waals surface area contributed by atoms with Gasteiger partial charge >= 0.3 is 5.97 Å². The molecule has 7 heteroatoms. The summed E-state index contributed by atoms with van der Waals surface area (Å²) in [6.07, 6.45) is 0. The second-order valence-electron chi connectivity index (χ2n) is 6.33. The highest BCUT2D eigenvalue weighted by molar-refractivity contribution is 5.95. The minimum Gasteiger partial charge on any atom is -0.462 e. The summed E-state index contributed by atoms with van der Waals surface area (Å²) < 4.78 is 24.3. The van der Waals surface area contributed by atoms with Gasteiger partial charge in [0.05, 0.1) is 23.6 Å². The van der Waals surface area contributed by atoms with Crippen LogP contribution in [0.25, 0.3) is 10.9 Å². The van der Waals surface area contributed by atoms with E-state index in [0.29, 0.717) is 16.5 Å². The molecular formula is C21H17FN2O4. The normalized spacial score (nSPS) is 15.9. The van der Waals surface area contributed by atoms with Crippen LogP contribution in [0.3, 0.4) is 0 Å². The van der Waals surface area contributed by atoms with Gasteiger partial charge in [-0.05, 0) is 36.8 Å². The lowest BCUT2D eigenvalue weighted by Gasteiger charge is -2.28. The van der Waals surface area contributed by atoms with E-state index in [4.69, 9.17) is 15.2 Å². The Morgan fingerprint density at radius 2 is 1.93 bits per heavy atom. The molecule has 1 atom stereocenters. The molecule has 0 aliphatic carbocycles. The number of carbonyl (C=O) groups is 1. The number of nitrogens with two attached hydrogens (primary N) is 1. The molecule has 2 heterocycles. The number of halogens is 1. The topological polar surface area (TPSA) is 94.4 Å². The summed E-state index contributed by atoms with van der Waals surface area (Å²) in [6.45, 7) is 1.80. The quantitative estimate of drug-likeness (QED) is 0.682. The van der Waals surface area contributed by atoms with E-state index in [1.54, 1.807) is 31.2 Å². The lowest BCUT2D eigenvalue weighted by atomic mass is 9.83. The number of aromatic amines is 1. The van der Waals surface area contributed by atoms with Crippen molar-refractivity contribution in [3.8, 4) is 5.75 Å². The molecule has 3 aromatic rings. The van der Waals surface area contributed by atoms with Crippen molar-refractivity contribution in [1.82, 2.24) is 4.98 Å². The van der Waals surface area contributed by atoms with Crippen molar-refractivity contribution >= 4 is 16.9 Å². The third-order valence-electron chi connectivity index (χ3n) is 4.66. The first-order valence-corrected chi connectivity index (χ1v) is 8.76. The lowest BCUT2D eigenvalue weighted by Crippen LogP contribution is -2.32. The predicted molar refractivity (Wildman–Crippen MR) is 101 cm³/mol. The molecule has 0 unspecified atom stereocenters. The standard InChI is InChI=1S/C21H17FN2O4/c1-2-27-21(26)17-15(11-7-9-12(22)10-8-11)16-18(28-19(17)23)13-5-3-4-6-14(13)24-20(16)25/h3-10,15H,2,23H2,1H3,(H,24,25)/t15-/m1/s1. The zero-order valence-electron chi connectivity index (χ0n) is 15.0. The van der Waals surface area contributed by atoms with Crippen molar-refractivity contribution in [1.29, 1.82) is 0 Å². The Bertz CT molecular complexity index is 1170. The molecule has 142 valence electrons. The van der Waals surface area contributed by atoms with Gasteiger partial charge in [0.25, 0.3) is 5.56 Å². The smallest absolute Gasteiger partial charge is 0.340 e. The molecule has 0 fully saturated rings. The Hall–Kier alpha value is -3.61. The predicted octanol–water partition coefficient (Wildman–Crippen LogP) is 2.92. The van der Waals surface area contributed by atoms with Gasteiger partial charge in [-0.1, -0.05) is 24.3 Å². The molecule has 0 spiro atoms. The molecule has 0 radical (unpaired) electrons. The van der Waals surface area contributed by atoms with Crippen molar-refractivity contribution in [3.63, 3.8) is 0 Å². The number of hydrogen-bond acceptors (Lipinski definition) is 5. The van der Waals surface area contributed by atoms with E-state index in [-0.39, 0.29) is 29.4 Å². The molecule has 1 aliphatic heterocycles.